The van der Waals surface area contributed by atoms with E-state index in [9.17, 15) is 40.2 Å². The van der Waals surface area contributed by atoms with Crippen molar-refractivity contribution in [2.24, 2.45) is 0 Å². The van der Waals surface area contributed by atoms with Gasteiger partial charge in [0.2, 0.25) is 11.2 Å². The summed E-state index contributed by atoms with van der Waals surface area (Å²) in [6, 6.07) is 8.71. The Hall–Kier alpha value is -5.58. The first-order valence-electron chi connectivity index (χ1n) is 12.3. The number of benzene rings is 3. The maximum absolute atomic E-state index is 12.1. The maximum atomic E-state index is 12.1. The Morgan fingerprint density at radius 3 is 2.20 bits per heavy atom. The zero-order valence-electron chi connectivity index (χ0n) is 21.8. The summed E-state index contributed by atoms with van der Waals surface area (Å²) in [5.41, 5.74) is 0.972. The van der Waals surface area contributed by atoms with Gasteiger partial charge in [0.05, 0.1) is 0 Å². The Balaban J connectivity index is 0.000000166. The fourth-order valence-electron chi connectivity index (χ4n) is 4.43. The van der Waals surface area contributed by atoms with E-state index in [1.165, 1.54) is 12.1 Å². The first-order chi connectivity index (χ1) is 19.4. The lowest BCUT2D eigenvalue weighted by Gasteiger charge is -2.11. The van der Waals surface area contributed by atoms with Crippen LogP contribution in [0.5, 0.6) is 40.2 Å². The zero-order chi connectivity index (χ0) is 29.6. The van der Waals surface area contributed by atoms with Crippen molar-refractivity contribution in [1.82, 2.24) is 0 Å². The van der Waals surface area contributed by atoms with Gasteiger partial charge < -0.3 is 44.2 Å². The van der Waals surface area contributed by atoms with Crippen LogP contribution in [-0.4, -0.2) is 37.2 Å². The lowest BCUT2D eigenvalue weighted by molar-refractivity contribution is 0.349. The molecule has 6 N–H and O–H groups in total. The normalized spacial score (nSPS) is 12.6. The van der Waals surface area contributed by atoms with Crippen molar-refractivity contribution in [2.75, 3.05) is 6.61 Å². The molecule has 2 aromatic heterocycles. The SMILES string of the molecule is CC1=CCc2c(cc3oc(C)cc(=O)c3c2O)OC1.O=c1c(O)c(-c2ccc(O)c(O)c2)oc2cc(O)cc(O)c12. The largest absolute Gasteiger partial charge is 0.508 e. The molecule has 1 aliphatic rings. The van der Waals surface area contributed by atoms with Crippen LogP contribution in [-0.2, 0) is 6.42 Å². The predicted octanol–water partition coefficient (Wildman–Crippen LogP) is 4.68. The predicted molar refractivity (Wildman–Crippen MR) is 148 cm³/mol. The lowest BCUT2D eigenvalue weighted by Crippen LogP contribution is -2.04. The average Bonchev–Trinajstić information content (AvgIpc) is 3.09. The van der Waals surface area contributed by atoms with Crippen molar-refractivity contribution >= 4 is 21.9 Å². The summed E-state index contributed by atoms with van der Waals surface area (Å²) < 4.78 is 16.5. The third kappa shape index (κ3) is 4.96. The molecule has 0 saturated heterocycles. The highest BCUT2D eigenvalue weighted by atomic mass is 16.5. The standard InChI is InChI=1S/C15H10O7.C15H14O4/c16-7-4-10(19)12-11(5-7)22-15(14(21)13(12)20)6-1-2-8(17)9(18)3-6;1-8-3-4-10-12(18-7-8)6-13-14(15(10)17)11(16)5-9(2)19-13/h1-5,16-19,21H;3,5-6,17H,4,7H2,1-2H3. The lowest BCUT2D eigenvalue weighted by atomic mass is 10.0. The molecule has 0 atom stereocenters. The van der Waals surface area contributed by atoms with Crippen LogP contribution in [0.1, 0.15) is 18.2 Å². The third-order valence-corrected chi connectivity index (χ3v) is 6.46. The second-order valence-corrected chi connectivity index (χ2v) is 9.49. The number of hydrogen-bond donors (Lipinski definition) is 6. The Labute approximate surface area is 230 Å². The van der Waals surface area contributed by atoms with E-state index in [0.717, 1.165) is 29.8 Å². The monoisotopic (exact) mass is 560 g/mol. The number of phenols is 5. The van der Waals surface area contributed by atoms with Gasteiger partial charge in [0.25, 0.3) is 0 Å². The first-order valence-corrected chi connectivity index (χ1v) is 12.3. The van der Waals surface area contributed by atoms with Gasteiger partial charge in [-0.15, -0.1) is 0 Å². The molecule has 3 aromatic carbocycles. The molecular formula is C30H24O11. The third-order valence-electron chi connectivity index (χ3n) is 6.46. The highest BCUT2D eigenvalue weighted by Crippen LogP contribution is 2.38. The van der Waals surface area contributed by atoms with Gasteiger partial charge in [0.15, 0.2) is 22.7 Å². The van der Waals surface area contributed by atoms with Gasteiger partial charge in [-0.05, 0) is 44.0 Å². The Bertz CT molecular complexity index is 2000. The van der Waals surface area contributed by atoms with Crippen molar-refractivity contribution in [3.05, 3.63) is 85.9 Å². The van der Waals surface area contributed by atoms with Crippen LogP contribution < -0.4 is 15.6 Å². The van der Waals surface area contributed by atoms with Gasteiger partial charge in [0.1, 0.15) is 57.3 Å². The molecule has 41 heavy (non-hydrogen) atoms. The van der Waals surface area contributed by atoms with Gasteiger partial charge in [-0.3, -0.25) is 9.59 Å². The topological polar surface area (TPSA) is 191 Å². The minimum atomic E-state index is -0.888. The molecule has 6 rings (SSSR count). The zero-order valence-corrected chi connectivity index (χ0v) is 21.8. The molecule has 0 aliphatic carbocycles. The first kappa shape index (κ1) is 27.0. The van der Waals surface area contributed by atoms with E-state index in [2.05, 4.69) is 0 Å². The molecule has 3 heterocycles. The van der Waals surface area contributed by atoms with Crippen LogP contribution in [0.15, 0.2) is 72.5 Å². The molecule has 0 bridgehead atoms. The van der Waals surface area contributed by atoms with E-state index in [-0.39, 0.29) is 50.4 Å². The van der Waals surface area contributed by atoms with E-state index in [4.69, 9.17) is 13.6 Å². The Morgan fingerprint density at radius 2 is 1.46 bits per heavy atom. The summed E-state index contributed by atoms with van der Waals surface area (Å²) in [5.74, 6) is -1.66. The number of ether oxygens (including phenoxy) is 1. The number of fused-ring (bicyclic) bond motifs is 3. The highest BCUT2D eigenvalue weighted by molar-refractivity contribution is 5.88. The summed E-state index contributed by atoms with van der Waals surface area (Å²) in [4.78, 5) is 24.1. The van der Waals surface area contributed by atoms with Crippen LogP contribution in [0, 0.1) is 6.92 Å². The molecule has 0 saturated carbocycles. The van der Waals surface area contributed by atoms with E-state index < -0.39 is 22.7 Å². The van der Waals surface area contributed by atoms with Crippen LogP contribution in [0.2, 0.25) is 0 Å². The van der Waals surface area contributed by atoms with E-state index >= 15 is 0 Å². The molecule has 0 spiro atoms. The summed E-state index contributed by atoms with van der Waals surface area (Å²) in [5, 5.41) is 58.2. The van der Waals surface area contributed by atoms with Crippen LogP contribution in [0.4, 0.5) is 0 Å². The quantitative estimate of drug-likeness (QED) is 0.123. The van der Waals surface area contributed by atoms with Crippen molar-refractivity contribution in [1.29, 1.82) is 0 Å². The Morgan fingerprint density at radius 1 is 0.732 bits per heavy atom. The molecule has 0 amide bonds. The molecule has 11 nitrogen and oxygen atoms in total. The van der Waals surface area contributed by atoms with Crippen molar-refractivity contribution in [2.45, 2.75) is 20.3 Å². The van der Waals surface area contributed by atoms with Gasteiger partial charge in [-0.2, -0.15) is 0 Å². The minimum absolute atomic E-state index is 0.0350. The molecular weight excluding hydrogens is 536 g/mol. The summed E-state index contributed by atoms with van der Waals surface area (Å²) >= 11 is 0. The Kier molecular flexibility index (Phi) is 6.71. The van der Waals surface area contributed by atoms with E-state index in [0.29, 0.717) is 35.7 Å². The summed E-state index contributed by atoms with van der Waals surface area (Å²) in [7, 11) is 0. The smallest absolute Gasteiger partial charge is 0.238 e. The van der Waals surface area contributed by atoms with Crippen molar-refractivity contribution < 1.29 is 44.2 Å². The number of rotatable bonds is 1. The van der Waals surface area contributed by atoms with E-state index in [1.807, 2.05) is 13.0 Å². The molecule has 0 unspecified atom stereocenters. The van der Waals surface area contributed by atoms with Crippen LogP contribution >= 0.6 is 0 Å². The number of phenolic OH excluding ortho intramolecular Hbond substituents is 5. The van der Waals surface area contributed by atoms with Crippen molar-refractivity contribution in [3.63, 3.8) is 0 Å². The maximum Gasteiger partial charge on any atom is 0.238 e. The second kappa shape index (κ2) is 10.2. The highest BCUT2D eigenvalue weighted by Gasteiger charge is 2.20. The van der Waals surface area contributed by atoms with E-state index in [1.54, 1.807) is 13.0 Å². The summed E-state index contributed by atoms with van der Waals surface area (Å²) in [6.45, 7) is 4.15. The van der Waals surface area contributed by atoms with Crippen LogP contribution in [0.25, 0.3) is 33.3 Å². The molecule has 11 heteroatoms. The van der Waals surface area contributed by atoms with Gasteiger partial charge in [-0.25, -0.2) is 0 Å². The number of aryl methyl sites for hydroxylation is 1. The molecule has 1 aliphatic heterocycles. The molecule has 5 aromatic rings. The molecule has 210 valence electrons. The van der Waals surface area contributed by atoms with Crippen LogP contribution in [0.3, 0.4) is 0 Å². The number of hydrogen-bond acceptors (Lipinski definition) is 11. The fraction of sp³-hybridized carbons (Fsp3) is 0.133. The fourth-order valence-corrected chi connectivity index (χ4v) is 4.43. The molecule has 0 fully saturated rings. The second-order valence-electron chi connectivity index (χ2n) is 9.49. The average molecular weight is 561 g/mol. The van der Waals surface area contributed by atoms with Gasteiger partial charge in [-0.1, -0.05) is 6.08 Å². The summed E-state index contributed by atoms with van der Waals surface area (Å²) in [6.07, 6.45) is 2.55. The number of allylic oxidation sites excluding steroid dienone is 1. The minimum Gasteiger partial charge on any atom is -0.508 e. The molecule has 0 radical (unpaired) electrons. The number of aromatic hydroxyl groups is 6. The van der Waals surface area contributed by atoms with Gasteiger partial charge >= 0.3 is 0 Å². The van der Waals surface area contributed by atoms with Gasteiger partial charge in [0, 0.05) is 35.4 Å². The van der Waals surface area contributed by atoms with Crippen molar-refractivity contribution in [3.8, 4) is 51.6 Å².